The highest BCUT2D eigenvalue weighted by molar-refractivity contribution is 5.77. The number of nitrogens with zero attached hydrogens (tertiary/aromatic N) is 7. The van der Waals surface area contributed by atoms with Gasteiger partial charge in [0.25, 0.3) is 0 Å². The van der Waals surface area contributed by atoms with Crippen LogP contribution in [0.25, 0.3) is 28.0 Å². The number of hydrogen-bond acceptors (Lipinski definition) is 8. The SMILES string of the molecule is NC(=O)C1CCC(Nc2ncc3nnn(-c4ccc(-c5cncnc5)cc4)c3n2)C1. The van der Waals surface area contributed by atoms with Crippen LogP contribution in [0.2, 0.25) is 0 Å². The van der Waals surface area contributed by atoms with Crippen molar-refractivity contribution in [3.63, 3.8) is 0 Å². The average molecular weight is 401 g/mol. The van der Waals surface area contributed by atoms with Gasteiger partial charge in [-0.2, -0.15) is 9.67 Å². The topological polar surface area (TPSA) is 137 Å². The van der Waals surface area contributed by atoms with Crippen molar-refractivity contribution < 1.29 is 4.79 Å². The Morgan fingerprint density at radius 1 is 1.07 bits per heavy atom. The lowest BCUT2D eigenvalue weighted by atomic mass is 10.1. The summed E-state index contributed by atoms with van der Waals surface area (Å²) in [5.74, 6) is 0.148. The molecule has 5 rings (SSSR count). The molecular weight excluding hydrogens is 382 g/mol. The zero-order valence-corrected chi connectivity index (χ0v) is 16.0. The molecule has 1 aliphatic rings. The molecule has 3 N–H and O–H groups in total. The minimum atomic E-state index is -0.247. The zero-order valence-electron chi connectivity index (χ0n) is 16.0. The molecule has 0 radical (unpaired) electrons. The molecule has 10 nitrogen and oxygen atoms in total. The van der Waals surface area contributed by atoms with Crippen molar-refractivity contribution in [3.8, 4) is 16.8 Å². The van der Waals surface area contributed by atoms with Crippen LogP contribution in [0.4, 0.5) is 5.95 Å². The second-order valence-electron chi connectivity index (χ2n) is 7.33. The van der Waals surface area contributed by atoms with Crippen LogP contribution >= 0.6 is 0 Å². The Labute approximate surface area is 171 Å². The van der Waals surface area contributed by atoms with E-state index in [9.17, 15) is 4.79 Å². The van der Waals surface area contributed by atoms with Gasteiger partial charge in [-0.3, -0.25) is 4.79 Å². The summed E-state index contributed by atoms with van der Waals surface area (Å²) in [5, 5.41) is 11.7. The van der Waals surface area contributed by atoms with Crippen molar-refractivity contribution in [1.29, 1.82) is 0 Å². The van der Waals surface area contributed by atoms with Gasteiger partial charge in [0, 0.05) is 29.9 Å². The van der Waals surface area contributed by atoms with Gasteiger partial charge in [-0.25, -0.2) is 15.0 Å². The molecule has 0 saturated heterocycles. The first-order chi connectivity index (χ1) is 14.7. The third-order valence-electron chi connectivity index (χ3n) is 5.37. The maximum Gasteiger partial charge on any atom is 0.225 e. The van der Waals surface area contributed by atoms with Gasteiger partial charge in [-0.1, -0.05) is 17.3 Å². The second-order valence-corrected chi connectivity index (χ2v) is 7.33. The molecule has 1 amide bonds. The summed E-state index contributed by atoms with van der Waals surface area (Å²) in [5.41, 5.74) is 9.40. The zero-order chi connectivity index (χ0) is 20.5. The minimum Gasteiger partial charge on any atom is -0.369 e. The summed E-state index contributed by atoms with van der Waals surface area (Å²) in [6.07, 6.45) is 9.02. The Bertz CT molecular complexity index is 1190. The lowest BCUT2D eigenvalue weighted by Gasteiger charge is -2.12. The highest BCUT2D eigenvalue weighted by atomic mass is 16.1. The Kier molecular flexibility index (Phi) is 4.51. The molecule has 150 valence electrons. The molecular formula is C20H19N9O. The Morgan fingerprint density at radius 2 is 1.87 bits per heavy atom. The quantitative estimate of drug-likeness (QED) is 0.516. The Hall–Kier alpha value is -3.95. The van der Waals surface area contributed by atoms with Crippen molar-refractivity contribution >= 4 is 23.0 Å². The minimum absolute atomic E-state index is 0.0908. The van der Waals surface area contributed by atoms with Gasteiger partial charge >= 0.3 is 0 Å². The first kappa shape index (κ1) is 18.1. The van der Waals surface area contributed by atoms with E-state index >= 15 is 0 Å². The number of anilines is 1. The van der Waals surface area contributed by atoms with E-state index < -0.39 is 0 Å². The molecule has 30 heavy (non-hydrogen) atoms. The highest BCUT2D eigenvalue weighted by Gasteiger charge is 2.28. The largest absolute Gasteiger partial charge is 0.369 e. The monoisotopic (exact) mass is 401 g/mol. The van der Waals surface area contributed by atoms with Crippen LogP contribution in [-0.4, -0.2) is 46.9 Å². The van der Waals surface area contributed by atoms with Crippen LogP contribution in [0, 0.1) is 5.92 Å². The number of carbonyl (C=O) groups is 1. The summed E-state index contributed by atoms with van der Waals surface area (Å²) in [4.78, 5) is 28.4. The van der Waals surface area contributed by atoms with Crippen LogP contribution in [0.15, 0.2) is 49.2 Å². The van der Waals surface area contributed by atoms with Crippen molar-refractivity contribution in [2.45, 2.75) is 25.3 Å². The number of aromatic nitrogens is 7. The molecule has 10 heteroatoms. The lowest BCUT2D eigenvalue weighted by Crippen LogP contribution is -2.23. The molecule has 1 aromatic carbocycles. The van der Waals surface area contributed by atoms with E-state index in [4.69, 9.17) is 5.73 Å². The molecule has 3 heterocycles. The normalized spacial score (nSPS) is 18.5. The number of primary amides is 1. The summed E-state index contributed by atoms with van der Waals surface area (Å²) < 4.78 is 1.67. The van der Waals surface area contributed by atoms with Crippen LogP contribution in [0.5, 0.6) is 0 Å². The third kappa shape index (κ3) is 3.43. The van der Waals surface area contributed by atoms with E-state index in [1.807, 2.05) is 24.3 Å². The number of carbonyl (C=O) groups excluding carboxylic acids is 1. The standard InChI is InChI=1S/C20H19N9O/c21-18(30)13-1-4-15(7-13)25-20-24-10-17-19(26-20)29(28-27-17)16-5-2-12(3-6-16)14-8-22-11-23-9-14/h2-3,5-6,8-11,13,15H,1,4,7H2,(H2,21,30)(H,24,25,26). The van der Waals surface area contributed by atoms with Crippen molar-refractivity contribution in [1.82, 2.24) is 34.9 Å². The van der Waals surface area contributed by atoms with E-state index in [0.29, 0.717) is 23.5 Å². The maximum atomic E-state index is 11.4. The fraction of sp³-hybridized carbons (Fsp3) is 0.250. The van der Waals surface area contributed by atoms with Crippen molar-refractivity contribution in [3.05, 3.63) is 49.2 Å². The van der Waals surface area contributed by atoms with E-state index in [2.05, 4.69) is 35.6 Å². The number of benzene rings is 1. The van der Waals surface area contributed by atoms with Crippen molar-refractivity contribution in [2.24, 2.45) is 11.7 Å². The molecule has 1 fully saturated rings. The smallest absolute Gasteiger partial charge is 0.225 e. The van der Waals surface area contributed by atoms with Gasteiger partial charge in [0.05, 0.1) is 11.9 Å². The number of nitrogens with one attached hydrogen (secondary N) is 1. The summed E-state index contributed by atoms with van der Waals surface area (Å²) in [7, 11) is 0. The van der Waals surface area contributed by atoms with Gasteiger partial charge in [-0.15, -0.1) is 5.10 Å². The fourth-order valence-electron chi connectivity index (χ4n) is 3.77. The molecule has 0 spiro atoms. The molecule has 3 aromatic heterocycles. The molecule has 0 aliphatic heterocycles. The molecule has 0 bridgehead atoms. The Morgan fingerprint density at radius 3 is 2.60 bits per heavy atom. The molecule has 4 aromatic rings. The van der Waals surface area contributed by atoms with Gasteiger partial charge < -0.3 is 11.1 Å². The molecule has 2 atom stereocenters. The first-order valence-electron chi connectivity index (χ1n) is 9.67. The summed E-state index contributed by atoms with van der Waals surface area (Å²) in [6.45, 7) is 0. The van der Waals surface area contributed by atoms with Crippen LogP contribution in [-0.2, 0) is 4.79 Å². The molecule has 1 saturated carbocycles. The van der Waals surface area contributed by atoms with E-state index in [-0.39, 0.29) is 17.9 Å². The first-order valence-corrected chi connectivity index (χ1v) is 9.67. The number of fused-ring (bicyclic) bond motifs is 1. The highest BCUT2D eigenvalue weighted by Crippen LogP contribution is 2.27. The number of rotatable bonds is 5. The van der Waals surface area contributed by atoms with Crippen LogP contribution in [0.1, 0.15) is 19.3 Å². The summed E-state index contributed by atoms with van der Waals surface area (Å²) in [6, 6.07) is 7.96. The second kappa shape index (κ2) is 7.47. The van der Waals surface area contributed by atoms with E-state index in [1.54, 1.807) is 23.3 Å². The predicted molar refractivity (Wildman–Crippen MR) is 109 cm³/mol. The predicted octanol–water partition coefficient (Wildman–Crippen LogP) is 1.73. The van der Waals surface area contributed by atoms with E-state index in [0.717, 1.165) is 29.7 Å². The van der Waals surface area contributed by atoms with Gasteiger partial charge in [-0.05, 0) is 37.0 Å². The number of nitrogens with two attached hydrogens (primary N) is 1. The van der Waals surface area contributed by atoms with Crippen molar-refractivity contribution in [2.75, 3.05) is 5.32 Å². The van der Waals surface area contributed by atoms with Gasteiger partial charge in [0.2, 0.25) is 11.9 Å². The number of amides is 1. The van der Waals surface area contributed by atoms with Gasteiger partial charge in [0.15, 0.2) is 11.2 Å². The molecule has 2 unspecified atom stereocenters. The average Bonchev–Trinajstić information content (AvgIpc) is 3.42. The van der Waals surface area contributed by atoms with Crippen LogP contribution in [0.3, 0.4) is 0 Å². The van der Waals surface area contributed by atoms with Gasteiger partial charge in [0.1, 0.15) is 6.33 Å². The maximum absolute atomic E-state index is 11.4. The lowest BCUT2D eigenvalue weighted by molar-refractivity contribution is -0.121. The van der Waals surface area contributed by atoms with E-state index in [1.165, 1.54) is 6.33 Å². The van der Waals surface area contributed by atoms with Crippen LogP contribution < -0.4 is 11.1 Å². The number of hydrogen-bond donors (Lipinski definition) is 2. The Balaban J connectivity index is 1.40. The fourth-order valence-corrected chi connectivity index (χ4v) is 3.77. The molecule has 1 aliphatic carbocycles. The third-order valence-corrected chi connectivity index (χ3v) is 5.37. The summed E-state index contributed by atoms with van der Waals surface area (Å²) >= 11 is 0.